The van der Waals surface area contributed by atoms with E-state index in [1.54, 1.807) is 12.1 Å². The third-order valence-corrected chi connectivity index (χ3v) is 4.38. The lowest BCUT2D eigenvalue weighted by Gasteiger charge is -2.07. The first-order chi connectivity index (χ1) is 10.2. The van der Waals surface area contributed by atoms with Crippen molar-refractivity contribution in [1.29, 1.82) is 0 Å². The molecule has 0 aliphatic rings. The molecule has 106 valence electrons. The fourth-order valence-electron chi connectivity index (χ4n) is 1.94. The first kappa shape index (κ1) is 14.1. The molecule has 2 aromatic carbocycles. The molecule has 3 nitrogen and oxygen atoms in total. The van der Waals surface area contributed by atoms with Gasteiger partial charge in [0.1, 0.15) is 5.01 Å². The van der Waals surface area contributed by atoms with E-state index in [-0.39, 0.29) is 11.1 Å². The van der Waals surface area contributed by atoms with E-state index in [4.69, 9.17) is 17.3 Å². The molecule has 1 unspecified atom stereocenters. The molecule has 1 heterocycles. The van der Waals surface area contributed by atoms with Gasteiger partial charge in [-0.05, 0) is 17.7 Å². The number of rotatable bonds is 3. The largest absolute Gasteiger partial charge is 0.318 e. The van der Waals surface area contributed by atoms with Crippen molar-refractivity contribution >= 4 is 22.9 Å². The number of hydrogen-bond donors (Lipinski definition) is 1. The van der Waals surface area contributed by atoms with Crippen LogP contribution >= 0.6 is 22.9 Å². The lowest BCUT2D eigenvalue weighted by Crippen LogP contribution is -2.11. The number of nitrogens with two attached hydrogens (primary N) is 1. The van der Waals surface area contributed by atoms with Crippen molar-refractivity contribution in [3.63, 3.8) is 0 Å². The monoisotopic (exact) mass is 319 g/mol. The van der Waals surface area contributed by atoms with Crippen LogP contribution in [0.15, 0.2) is 48.5 Å². The number of aromatic nitrogens is 2. The van der Waals surface area contributed by atoms with Crippen LogP contribution in [0.5, 0.6) is 0 Å². The van der Waals surface area contributed by atoms with Gasteiger partial charge in [-0.1, -0.05) is 59.3 Å². The van der Waals surface area contributed by atoms with Crippen LogP contribution in [-0.2, 0) is 0 Å². The Morgan fingerprint density at radius 1 is 1.05 bits per heavy atom. The van der Waals surface area contributed by atoms with Crippen molar-refractivity contribution in [3.05, 3.63) is 69.9 Å². The Hall–Kier alpha value is -1.82. The summed E-state index contributed by atoms with van der Waals surface area (Å²) in [6.07, 6.45) is 0. The molecule has 3 aromatic rings. The van der Waals surface area contributed by atoms with Gasteiger partial charge in [-0.25, -0.2) is 4.39 Å². The van der Waals surface area contributed by atoms with Gasteiger partial charge >= 0.3 is 0 Å². The van der Waals surface area contributed by atoms with Crippen LogP contribution in [-0.4, -0.2) is 10.2 Å². The van der Waals surface area contributed by atoms with Gasteiger partial charge in [0.05, 0.1) is 11.1 Å². The lowest BCUT2D eigenvalue weighted by atomic mass is 10.1. The lowest BCUT2D eigenvalue weighted by molar-refractivity contribution is 0.631. The first-order valence-corrected chi connectivity index (χ1v) is 7.44. The maximum atomic E-state index is 14.0. The normalized spacial score (nSPS) is 12.3. The van der Waals surface area contributed by atoms with Gasteiger partial charge in [-0.3, -0.25) is 0 Å². The summed E-state index contributed by atoms with van der Waals surface area (Å²) in [7, 11) is 0. The summed E-state index contributed by atoms with van der Waals surface area (Å²) in [5.41, 5.74) is 7.44. The maximum absolute atomic E-state index is 14.0. The van der Waals surface area contributed by atoms with E-state index >= 15 is 0 Å². The molecule has 2 N–H and O–H groups in total. The van der Waals surface area contributed by atoms with Crippen molar-refractivity contribution in [3.8, 4) is 10.6 Å². The van der Waals surface area contributed by atoms with Crippen LogP contribution in [0.2, 0.25) is 5.02 Å². The molecule has 21 heavy (non-hydrogen) atoms. The van der Waals surface area contributed by atoms with E-state index in [0.717, 1.165) is 5.56 Å². The Morgan fingerprint density at radius 2 is 1.81 bits per heavy atom. The molecule has 3 rings (SSSR count). The van der Waals surface area contributed by atoms with Gasteiger partial charge < -0.3 is 5.73 Å². The molecule has 1 aromatic heterocycles. The first-order valence-electron chi connectivity index (χ1n) is 6.25. The molecule has 0 saturated heterocycles. The zero-order valence-electron chi connectivity index (χ0n) is 10.8. The Balaban J connectivity index is 1.95. The van der Waals surface area contributed by atoms with Gasteiger partial charge in [0.15, 0.2) is 10.8 Å². The highest BCUT2D eigenvalue weighted by molar-refractivity contribution is 7.14. The average molecular weight is 320 g/mol. The second kappa shape index (κ2) is 5.89. The van der Waals surface area contributed by atoms with Gasteiger partial charge in [0.2, 0.25) is 0 Å². The fourth-order valence-corrected chi connectivity index (χ4v) is 3.01. The summed E-state index contributed by atoms with van der Waals surface area (Å²) in [4.78, 5) is 0. The molecule has 6 heteroatoms. The molecule has 0 aliphatic carbocycles. The highest BCUT2D eigenvalue weighted by Crippen LogP contribution is 2.32. The van der Waals surface area contributed by atoms with Crippen LogP contribution in [0.25, 0.3) is 10.6 Å². The van der Waals surface area contributed by atoms with E-state index in [2.05, 4.69) is 10.2 Å². The van der Waals surface area contributed by atoms with Gasteiger partial charge in [0.25, 0.3) is 0 Å². The molecule has 0 saturated carbocycles. The molecule has 0 amide bonds. The highest BCUT2D eigenvalue weighted by atomic mass is 35.5. The molecule has 0 bridgehead atoms. The van der Waals surface area contributed by atoms with E-state index in [1.165, 1.54) is 17.4 Å². The quantitative estimate of drug-likeness (QED) is 0.792. The number of benzene rings is 2. The molecule has 0 radical (unpaired) electrons. The summed E-state index contributed by atoms with van der Waals surface area (Å²) in [5.74, 6) is -0.491. The summed E-state index contributed by atoms with van der Waals surface area (Å²) in [6, 6.07) is 14.0. The summed E-state index contributed by atoms with van der Waals surface area (Å²) < 4.78 is 14.0. The average Bonchev–Trinajstić information content (AvgIpc) is 3.00. The standard InChI is InChI=1S/C15H11ClFN3S/c16-11-8-4-7-10(12(11)17)14-19-20-15(21-14)13(18)9-5-2-1-3-6-9/h1-8,13H,18H2. The summed E-state index contributed by atoms with van der Waals surface area (Å²) in [6.45, 7) is 0. The number of halogens is 2. The van der Waals surface area contributed by atoms with Crippen molar-refractivity contribution in [2.45, 2.75) is 6.04 Å². The number of hydrogen-bond acceptors (Lipinski definition) is 4. The van der Waals surface area contributed by atoms with Crippen LogP contribution in [0, 0.1) is 5.82 Å². The van der Waals surface area contributed by atoms with Crippen LogP contribution in [0.4, 0.5) is 4.39 Å². The summed E-state index contributed by atoms with van der Waals surface area (Å²) >= 11 is 7.05. The molecular formula is C15H11ClFN3S. The zero-order chi connectivity index (χ0) is 14.8. The predicted octanol–water partition coefficient (Wildman–Crippen LogP) is 4.05. The topological polar surface area (TPSA) is 51.8 Å². The Bertz CT molecular complexity index is 761. The second-order valence-corrected chi connectivity index (χ2v) is 5.85. The third-order valence-electron chi connectivity index (χ3n) is 3.05. The molecular weight excluding hydrogens is 309 g/mol. The van der Waals surface area contributed by atoms with Crippen molar-refractivity contribution < 1.29 is 4.39 Å². The molecule has 1 atom stereocenters. The zero-order valence-corrected chi connectivity index (χ0v) is 12.4. The van der Waals surface area contributed by atoms with Crippen molar-refractivity contribution in [2.24, 2.45) is 5.73 Å². The minimum absolute atomic E-state index is 0.0663. The van der Waals surface area contributed by atoms with E-state index in [1.807, 2.05) is 30.3 Å². The van der Waals surface area contributed by atoms with Crippen LogP contribution < -0.4 is 5.73 Å². The SMILES string of the molecule is NC(c1ccccc1)c1nnc(-c2cccc(Cl)c2F)s1. The maximum Gasteiger partial charge on any atom is 0.152 e. The van der Waals surface area contributed by atoms with Crippen molar-refractivity contribution in [2.75, 3.05) is 0 Å². The van der Waals surface area contributed by atoms with E-state index in [9.17, 15) is 4.39 Å². The van der Waals surface area contributed by atoms with Gasteiger partial charge in [0, 0.05) is 5.56 Å². The second-order valence-electron chi connectivity index (χ2n) is 4.44. The Labute approximate surface area is 130 Å². The van der Waals surface area contributed by atoms with E-state index < -0.39 is 5.82 Å². The Kier molecular flexibility index (Phi) is 3.96. The molecule has 0 spiro atoms. The predicted molar refractivity (Wildman–Crippen MR) is 82.8 cm³/mol. The third kappa shape index (κ3) is 2.81. The van der Waals surface area contributed by atoms with Gasteiger partial charge in [-0.2, -0.15) is 0 Å². The minimum Gasteiger partial charge on any atom is -0.318 e. The minimum atomic E-state index is -0.491. The fraction of sp³-hybridized carbons (Fsp3) is 0.0667. The summed E-state index contributed by atoms with van der Waals surface area (Å²) in [5, 5.41) is 9.27. The van der Waals surface area contributed by atoms with E-state index in [0.29, 0.717) is 15.6 Å². The van der Waals surface area contributed by atoms with Crippen LogP contribution in [0.1, 0.15) is 16.6 Å². The molecule has 0 aliphatic heterocycles. The number of nitrogens with zero attached hydrogens (tertiary/aromatic N) is 2. The molecule has 0 fully saturated rings. The van der Waals surface area contributed by atoms with Crippen LogP contribution in [0.3, 0.4) is 0 Å². The van der Waals surface area contributed by atoms with Gasteiger partial charge in [-0.15, -0.1) is 10.2 Å². The highest BCUT2D eigenvalue weighted by Gasteiger charge is 2.17. The van der Waals surface area contributed by atoms with Crippen molar-refractivity contribution in [1.82, 2.24) is 10.2 Å². The Morgan fingerprint density at radius 3 is 2.57 bits per heavy atom. The smallest absolute Gasteiger partial charge is 0.152 e.